The number of rotatable bonds is 11. The third-order valence-electron chi connectivity index (χ3n) is 6.26. The fourth-order valence-electron chi connectivity index (χ4n) is 4.20. The van der Waals surface area contributed by atoms with Crippen molar-refractivity contribution in [1.82, 2.24) is 9.03 Å². The lowest BCUT2D eigenvalue weighted by Crippen LogP contribution is -2.31. The van der Waals surface area contributed by atoms with E-state index < -0.39 is 71.7 Å². The van der Waals surface area contributed by atoms with Crippen LogP contribution in [-0.2, 0) is 39.7 Å². The van der Waals surface area contributed by atoms with Gasteiger partial charge in [0, 0.05) is 34.6 Å². The first-order valence-corrected chi connectivity index (χ1v) is 17.9. The van der Waals surface area contributed by atoms with E-state index in [1.54, 1.807) is 0 Å². The number of phenols is 2. The van der Waals surface area contributed by atoms with Crippen molar-refractivity contribution in [2.24, 2.45) is 0 Å². The van der Waals surface area contributed by atoms with E-state index in [0.717, 1.165) is 28.6 Å². The Labute approximate surface area is 286 Å². The first kappa shape index (κ1) is 36.4. The number of sulfonamides is 2. The zero-order valence-electron chi connectivity index (χ0n) is 22.9. The van der Waals surface area contributed by atoms with Gasteiger partial charge < -0.3 is 10.2 Å². The van der Waals surface area contributed by atoms with Crippen LogP contribution < -0.4 is 4.72 Å². The minimum absolute atomic E-state index is 0.0184. The van der Waals surface area contributed by atoms with Crippen molar-refractivity contribution in [3.05, 3.63) is 110 Å². The Hall–Kier alpha value is -2.40. The summed E-state index contributed by atoms with van der Waals surface area (Å²) in [6, 6.07) is 15.7. The summed E-state index contributed by atoms with van der Waals surface area (Å²) < 4.78 is 96.7. The maximum atomic E-state index is 13.9. The van der Waals surface area contributed by atoms with Gasteiger partial charge in [0.05, 0.1) is 10.0 Å². The molecule has 0 unspecified atom stereocenters. The summed E-state index contributed by atoms with van der Waals surface area (Å²) in [5, 5.41) is 19.9. The molecule has 0 heterocycles. The molecule has 0 bridgehead atoms. The molecule has 0 aromatic heterocycles. The van der Waals surface area contributed by atoms with E-state index in [4.69, 9.17) is 46.4 Å². The molecule has 8 nitrogen and oxygen atoms in total. The minimum Gasteiger partial charge on any atom is -0.505 e. The fourth-order valence-corrected chi connectivity index (χ4v) is 8.78. The molecule has 0 fully saturated rings. The second-order valence-corrected chi connectivity index (χ2v) is 16.0. The smallest absolute Gasteiger partial charge is 0.446 e. The lowest BCUT2D eigenvalue weighted by atomic mass is 10.1. The Morgan fingerprint density at radius 3 is 1.93 bits per heavy atom. The topological polar surface area (TPSA) is 124 Å². The summed E-state index contributed by atoms with van der Waals surface area (Å²) in [7, 11) is -9.00. The van der Waals surface area contributed by atoms with Crippen LogP contribution >= 0.6 is 58.2 Å². The number of aromatic hydroxyl groups is 2. The second-order valence-electron chi connectivity index (χ2n) is 9.54. The van der Waals surface area contributed by atoms with Crippen LogP contribution in [0.15, 0.2) is 87.5 Å². The van der Waals surface area contributed by atoms with Crippen molar-refractivity contribution in [3.8, 4) is 11.5 Å². The Morgan fingerprint density at radius 1 is 0.739 bits per heavy atom. The zero-order chi connectivity index (χ0) is 34.0. The summed E-state index contributed by atoms with van der Waals surface area (Å²) in [6.07, 6.45) is 0. The molecule has 0 amide bonds. The first-order valence-electron chi connectivity index (χ1n) is 12.6. The molecular formula is C28H21Cl4F3N2O6S3. The van der Waals surface area contributed by atoms with Crippen molar-refractivity contribution in [2.45, 2.75) is 39.8 Å². The molecule has 0 aliphatic carbocycles. The summed E-state index contributed by atoms with van der Waals surface area (Å²) in [6.45, 7) is -1.30. The van der Waals surface area contributed by atoms with Gasteiger partial charge in [0.25, 0.3) is 0 Å². The molecule has 3 N–H and O–H groups in total. The molecule has 18 heteroatoms. The minimum atomic E-state index is -4.67. The molecule has 246 valence electrons. The van der Waals surface area contributed by atoms with Gasteiger partial charge in [0.2, 0.25) is 20.0 Å². The highest BCUT2D eigenvalue weighted by atomic mass is 35.5. The highest BCUT2D eigenvalue weighted by Gasteiger charge is 2.33. The molecule has 0 aliphatic rings. The molecule has 0 radical (unpaired) electrons. The maximum absolute atomic E-state index is 13.9. The SMILES string of the molecule is O=S(=O)(NCc1cccc(CN(Cc2ccccc2SC(F)(F)F)S(=O)(=O)c2cc(Cl)cc(Cl)c2O)c1)c1cc(Cl)cc(Cl)c1O. The fraction of sp³-hybridized carbons (Fsp3) is 0.143. The Kier molecular flexibility index (Phi) is 11.4. The average molecular weight is 776 g/mol. The van der Waals surface area contributed by atoms with Crippen LogP contribution in [0.25, 0.3) is 0 Å². The Balaban J connectivity index is 1.69. The Bertz CT molecular complexity index is 2000. The van der Waals surface area contributed by atoms with Gasteiger partial charge in [-0.15, -0.1) is 0 Å². The molecule has 46 heavy (non-hydrogen) atoms. The monoisotopic (exact) mass is 774 g/mol. The van der Waals surface area contributed by atoms with Crippen LogP contribution in [0.5, 0.6) is 11.5 Å². The van der Waals surface area contributed by atoms with Crippen molar-refractivity contribution < 1.29 is 40.2 Å². The van der Waals surface area contributed by atoms with Crippen molar-refractivity contribution in [1.29, 1.82) is 0 Å². The first-order chi connectivity index (χ1) is 21.4. The van der Waals surface area contributed by atoms with Crippen molar-refractivity contribution in [2.75, 3.05) is 0 Å². The van der Waals surface area contributed by atoms with Gasteiger partial charge in [-0.25, -0.2) is 21.6 Å². The number of nitrogens with one attached hydrogen (secondary N) is 1. The number of thioether (sulfide) groups is 1. The standard InChI is InChI=1S/C28H21Cl4F3N2O6S3/c29-19-9-21(31)26(38)24(11-19)45(40,41)36-13-16-4-3-5-17(8-16)14-37(15-18-6-1-2-7-23(18)44-28(33,34)35)46(42,43)25-12-20(30)10-22(32)27(25)39/h1-12,36,38-39H,13-15H2. The van der Waals surface area contributed by atoms with E-state index in [1.807, 2.05) is 0 Å². The number of hydrogen-bond donors (Lipinski definition) is 3. The third-order valence-corrected chi connectivity index (χ3v) is 11.3. The maximum Gasteiger partial charge on any atom is 0.446 e. The Morgan fingerprint density at radius 2 is 1.30 bits per heavy atom. The van der Waals surface area contributed by atoms with E-state index in [1.165, 1.54) is 48.5 Å². The number of halogens is 7. The highest BCUT2D eigenvalue weighted by Crippen LogP contribution is 2.41. The number of benzene rings is 4. The summed E-state index contributed by atoms with van der Waals surface area (Å²) in [4.78, 5) is -1.47. The molecule has 0 spiro atoms. The predicted octanol–water partition coefficient (Wildman–Crippen LogP) is 8.19. The van der Waals surface area contributed by atoms with Crippen LogP contribution in [-0.4, -0.2) is 36.9 Å². The summed E-state index contributed by atoms with van der Waals surface area (Å²) >= 11 is 23.3. The van der Waals surface area contributed by atoms with Gasteiger partial charge in [-0.05, 0) is 58.8 Å². The molecular weight excluding hydrogens is 755 g/mol. The average Bonchev–Trinajstić information content (AvgIpc) is 2.95. The van der Waals surface area contributed by atoms with E-state index in [9.17, 15) is 40.2 Å². The lowest BCUT2D eigenvalue weighted by Gasteiger charge is -2.25. The third kappa shape index (κ3) is 8.94. The van der Waals surface area contributed by atoms with E-state index >= 15 is 0 Å². The second kappa shape index (κ2) is 14.4. The lowest BCUT2D eigenvalue weighted by molar-refractivity contribution is -0.0328. The predicted molar refractivity (Wildman–Crippen MR) is 172 cm³/mol. The van der Waals surface area contributed by atoms with Crippen molar-refractivity contribution in [3.63, 3.8) is 0 Å². The molecule has 4 rings (SSSR count). The molecule has 0 atom stereocenters. The highest BCUT2D eigenvalue weighted by molar-refractivity contribution is 8.00. The van der Waals surface area contributed by atoms with Crippen LogP contribution in [0.3, 0.4) is 0 Å². The van der Waals surface area contributed by atoms with E-state index in [0.29, 0.717) is 11.1 Å². The number of alkyl halides is 3. The number of phenolic OH excluding ortho intramolecular Hbond substituents is 2. The summed E-state index contributed by atoms with van der Waals surface area (Å²) in [5.74, 6) is -1.51. The normalized spacial score (nSPS) is 12.5. The largest absolute Gasteiger partial charge is 0.505 e. The number of hydrogen-bond acceptors (Lipinski definition) is 7. The zero-order valence-corrected chi connectivity index (χ0v) is 28.4. The van der Waals surface area contributed by atoms with Gasteiger partial charge in [0.15, 0.2) is 11.5 Å². The molecule has 4 aromatic rings. The van der Waals surface area contributed by atoms with Crippen LogP contribution in [0.2, 0.25) is 20.1 Å². The van der Waals surface area contributed by atoms with Crippen LogP contribution in [0, 0.1) is 0 Å². The molecule has 0 aliphatic heterocycles. The van der Waals surface area contributed by atoms with Gasteiger partial charge >= 0.3 is 5.51 Å². The van der Waals surface area contributed by atoms with Crippen LogP contribution in [0.4, 0.5) is 13.2 Å². The van der Waals surface area contributed by atoms with Gasteiger partial charge in [-0.2, -0.15) is 17.5 Å². The molecule has 0 saturated carbocycles. The van der Waals surface area contributed by atoms with Crippen molar-refractivity contribution >= 4 is 78.2 Å². The number of nitrogens with zero attached hydrogens (tertiary/aromatic N) is 1. The quantitative estimate of drug-likeness (QED) is 0.131. The van der Waals surface area contributed by atoms with Crippen LogP contribution in [0.1, 0.15) is 16.7 Å². The summed E-state index contributed by atoms with van der Waals surface area (Å²) in [5.41, 5.74) is -3.98. The van der Waals surface area contributed by atoms with Gasteiger partial charge in [0.1, 0.15) is 9.79 Å². The van der Waals surface area contributed by atoms with E-state index in [2.05, 4.69) is 4.72 Å². The van der Waals surface area contributed by atoms with Gasteiger partial charge in [-0.3, -0.25) is 0 Å². The van der Waals surface area contributed by atoms with Gasteiger partial charge in [-0.1, -0.05) is 88.9 Å². The molecule has 4 aromatic carbocycles. The molecule has 0 saturated heterocycles. The van der Waals surface area contributed by atoms with E-state index in [-0.39, 0.29) is 37.1 Å².